The van der Waals surface area contributed by atoms with E-state index in [4.69, 9.17) is 0 Å². The molecule has 118 valence electrons. The van der Waals surface area contributed by atoms with Crippen molar-refractivity contribution in [2.75, 3.05) is 0 Å². The topological polar surface area (TPSA) is 41.5 Å². The molecular formula is C20H15FN2O. The Morgan fingerprint density at radius 3 is 2.67 bits per heavy atom. The highest BCUT2D eigenvalue weighted by atomic mass is 19.1. The maximum Gasteiger partial charge on any atom is 0.271 e. The van der Waals surface area contributed by atoms with Gasteiger partial charge in [-0.2, -0.15) is 5.10 Å². The van der Waals surface area contributed by atoms with E-state index in [0.717, 1.165) is 23.8 Å². The molecule has 4 heteroatoms. The highest BCUT2D eigenvalue weighted by molar-refractivity contribution is 6.03. The van der Waals surface area contributed by atoms with Crippen molar-refractivity contribution in [1.29, 1.82) is 0 Å². The van der Waals surface area contributed by atoms with Gasteiger partial charge in [-0.05, 0) is 52.9 Å². The summed E-state index contributed by atoms with van der Waals surface area (Å²) in [6, 6.07) is 15.9. The molecule has 0 heterocycles. The molecule has 0 aromatic heterocycles. The molecule has 0 fully saturated rings. The Hall–Kier alpha value is -3.01. The van der Waals surface area contributed by atoms with Crippen molar-refractivity contribution in [2.45, 2.75) is 12.8 Å². The SMILES string of the molecule is O=C(N/N=C\c1ccc2c3c(cccc13)CC2)c1cccc(F)c1. The van der Waals surface area contributed by atoms with Crippen LogP contribution in [0.4, 0.5) is 4.39 Å². The second-order valence-electron chi connectivity index (χ2n) is 5.86. The molecule has 24 heavy (non-hydrogen) atoms. The number of carbonyl (C=O) groups is 1. The predicted molar refractivity (Wildman–Crippen MR) is 92.8 cm³/mol. The maximum absolute atomic E-state index is 13.2. The summed E-state index contributed by atoms with van der Waals surface area (Å²) in [6.07, 6.45) is 3.78. The van der Waals surface area contributed by atoms with Gasteiger partial charge in [-0.1, -0.05) is 36.4 Å². The second kappa shape index (κ2) is 5.89. The van der Waals surface area contributed by atoms with Crippen molar-refractivity contribution in [1.82, 2.24) is 5.43 Å². The minimum atomic E-state index is -0.445. The lowest BCUT2D eigenvalue weighted by Crippen LogP contribution is -2.17. The second-order valence-corrected chi connectivity index (χ2v) is 5.86. The van der Waals surface area contributed by atoms with Gasteiger partial charge in [0.15, 0.2) is 0 Å². The minimum absolute atomic E-state index is 0.243. The minimum Gasteiger partial charge on any atom is -0.267 e. The van der Waals surface area contributed by atoms with Gasteiger partial charge in [0.25, 0.3) is 5.91 Å². The van der Waals surface area contributed by atoms with Crippen molar-refractivity contribution < 1.29 is 9.18 Å². The molecule has 4 rings (SSSR count). The van der Waals surface area contributed by atoms with Gasteiger partial charge in [0.05, 0.1) is 6.21 Å². The molecule has 0 spiro atoms. The van der Waals surface area contributed by atoms with Gasteiger partial charge in [-0.3, -0.25) is 4.79 Å². The maximum atomic E-state index is 13.2. The average molecular weight is 318 g/mol. The fraction of sp³-hybridized carbons (Fsp3) is 0.100. The molecule has 3 nitrogen and oxygen atoms in total. The third kappa shape index (κ3) is 2.56. The summed E-state index contributed by atoms with van der Waals surface area (Å²) < 4.78 is 13.2. The van der Waals surface area contributed by atoms with Gasteiger partial charge >= 0.3 is 0 Å². The largest absolute Gasteiger partial charge is 0.271 e. The molecule has 1 amide bonds. The fourth-order valence-corrected chi connectivity index (χ4v) is 3.24. The van der Waals surface area contributed by atoms with Crippen LogP contribution < -0.4 is 5.43 Å². The fourth-order valence-electron chi connectivity index (χ4n) is 3.24. The van der Waals surface area contributed by atoms with Crippen LogP contribution in [0, 0.1) is 5.82 Å². The van der Waals surface area contributed by atoms with Crippen LogP contribution in [0.2, 0.25) is 0 Å². The van der Waals surface area contributed by atoms with Crippen LogP contribution in [0.1, 0.15) is 27.0 Å². The van der Waals surface area contributed by atoms with Crippen LogP contribution in [-0.2, 0) is 12.8 Å². The molecule has 1 aliphatic rings. The number of rotatable bonds is 3. The van der Waals surface area contributed by atoms with Crippen molar-refractivity contribution in [3.63, 3.8) is 0 Å². The van der Waals surface area contributed by atoms with E-state index >= 15 is 0 Å². The van der Waals surface area contributed by atoms with E-state index < -0.39 is 11.7 Å². The Morgan fingerprint density at radius 1 is 1.04 bits per heavy atom. The Morgan fingerprint density at radius 2 is 1.83 bits per heavy atom. The van der Waals surface area contributed by atoms with E-state index in [1.165, 1.54) is 34.7 Å². The number of halogens is 1. The van der Waals surface area contributed by atoms with E-state index in [-0.39, 0.29) is 5.56 Å². The average Bonchev–Trinajstić information content (AvgIpc) is 3.02. The zero-order chi connectivity index (χ0) is 16.5. The first kappa shape index (κ1) is 14.6. The number of benzene rings is 3. The van der Waals surface area contributed by atoms with Gasteiger partial charge in [0, 0.05) is 11.1 Å². The number of nitrogens with zero attached hydrogens (tertiary/aromatic N) is 1. The van der Waals surface area contributed by atoms with E-state index in [9.17, 15) is 9.18 Å². The Labute approximate surface area is 138 Å². The zero-order valence-corrected chi connectivity index (χ0v) is 12.9. The Balaban J connectivity index is 1.59. The lowest BCUT2D eigenvalue weighted by molar-refractivity contribution is 0.0954. The first-order chi connectivity index (χ1) is 11.7. The predicted octanol–water partition coefficient (Wildman–Crippen LogP) is 3.84. The summed E-state index contributed by atoms with van der Waals surface area (Å²) in [7, 11) is 0. The van der Waals surface area contributed by atoms with E-state index in [1.54, 1.807) is 12.3 Å². The summed E-state index contributed by atoms with van der Waals surface area (Å²) in [5.41, 5.74) is 6.37. The smallest absolute Gasteiger partial charge is 0.267 e. The highest BCUT2D eigenvalue weighted by Crippen LogP contribution is 2.32. The van der Waals surface area contributed by atoms with Crippen molar-refractivity contribution in [3.05, 3.63) is 82.7 Å². The van der Waals surface area contributed by atoms with E-state index in [2.05, 4.69) is 34.8 Å². The van der Waals surface area contributed by atoms with Crippen LogP contribution in [0.25, 0.3) is 10.8 Å². The molecule has 0 bridgehead atoms. The van der Waals surface area contributed by atoms with Crippen molar-refractivity contribution in [3.8, 4) is 0 Å². The highest BCUT2D eigenvalue weighted by Gasteiger charge is 2.15. The Kier molecular flexibility index (Phi) is 3.58. The molecule has 0 atom stereocenters. The van der Waals surface area contributed by atoms with Crippen LogP contribution in [-0.4, -0.2) is 12.1 Å². The summed E-state index contributed by atoms with van der Waals surface area (Å²) in [6.45, 7) is 0. The molecular weight excluding hydrogens is 303 g/mol. The lowest BCUT2D eigenvalue weighted by Gasteiger charge is -2.05. The molecule has 1 N–H and O–H groups in total. The summed E-state index contributed by atoms with van der Waals surface area (Å²) in [5.74, 6) is -0.879. The molecule has 0 unspecified atom stereocenters. The monoisotopic (exact) mass is 318 g/mol. The Bertz CT molecular complexity index is 968. The zero-order valence-electron chi connectivity index (χ0n) is 12.9. The summed E-state index contributed by atoms with van der Waals surface area (Å²) in [4.78, 5) is 12.0. The number of hydrazone groups is 1. The molecule has 1 aliphatic carbocycles. The first-order valence-corrected chi connectivity index (χ1v) is 7.85. The molecule has 3 aromatic rings. The molecule has 3 aromatic carbocycles. The number of hydrogen-bond acceptors (Lipinski definition) is 2. The molecule has 0 saturated carbocycles. The standard InChI is InChI=1S/C20H15FN2O/c21-17-5-1-4-15(11-17)20(24)23-22-12-16-10-9-14-8-7-13-3-2-6-18(16)19(13)14/h1-6,9-12H,7-8H2,(H,23,24)/b22-12-. The van der Waals surface area contributed by atoms with Gasteiger partial charge in [-0.25, -0.2) is 9.82 Å². The van der Waals surface area contributed by atoms with Crippen LogP contribution >= 0.6 is 0 Å². The van der Waals surface area contributed by atoms with Crippen molar-refractivity contribution in [2.24, 2.45) is 5.10 Å². The summed E-state index contributed by atoms with van der Waals surface area (Å²) >= 11 is 0. The van der Waals surface area contributed by atoms with Crippen LogP contribution in [0.15, 0.2) is 59.7 Å². The van der Waals surface area contributed by atoms with Gasteiger partial charge in [0.1, 0.15) is 5.82 Å². The van der Waals surface area contributed by atoms with Gasteiger partial charge in [0.2, 0.25) is 0 Å². The molecule has 0 aliphatic heterocycles. The number of amides is 1. The van der Waals surface area contributed by atoms with Gasteiger partial charge in [-0.15, -0.1) is 0 Å². The normalized spacial score (nSPS) is 12.9. The third-order valence-electron chi connectivity index (χ3n) is 4.37. The number of carbonyl (C=O) groups excluding carboxylic acids is 1. The van der Waals surface area contributed by atoms with Crippen molar-refractivity contribution >= 4 is 22.9 Å². The lowest BCUT2D eigenvalue weighted by atomic mass is 10.0. The van der Waals surface area contributed by atoms with E-state index in [0.29, 0.717) is 0 Å². The molecule has 0 saturated heterocycles. The number of nitrogens with one attached hydrogen (secondary N) is 1. The van der Waals surface area contributed by atoms with Gasteiger partial charge < -0.3 is 0 Å². The number of hydrogen-bond donors (Lipinski definition) is 1. The first-order valence-electron chi connectivity index (χ1n) is 7.85. The molecule has 0 radical (unpaired) electrons. The van der Waals surface area contributed by atoms with Crippen LogP contribution in [0.5, 0.6) is 0 Å². The third-order valence-corrected chi connectivity index (χ3v) is 4.37. The van der Waals surface area contributed by atoms with Crippen LogP contribution in [0.3, 0.4) is 0 Å². The quantitative estimate of drug-likeness (QED) is 0.578. The van der Waals surface area contributed by atoms with E-state index in [1.807, 2.05) is 6.07 Å². The summed E-state index contributed by atoms with van der Waals surface area (Å²) in [5, 5.41) is 6.48. The number of aryl methyl sites for hydroxylation is 2.